The van der Waals surface area contributed by atoms with Crippen molar-refractivity contribution in [3.63, 3.8) is 0 Å². The molecule has 6 nitrogen and oxygen atoms in total. The molecule has 1 aliphatic heterocycles. The molecule has 0 unspecified atom stereocenters. The summed E-state index contributed by atoms with van der Waals surface area (Å²) in [6, 6.07) is 12.1. The number of carbonyl (C=O) groups excluding carboxylic acids is 1. The second-order valence-corrected chi connectivity index (χ2v) is 8.21. The predicted octanol–water partition coefficient (Wildman–Crippen LogP) is 3.61. The quantitative estimate of drug-likeness (QED) is 0.587. The zero-order valence-corrected chi connectivity index (χ0v) is 18.4. The van der Waals surface area contributed by atoms with Crippen LogP contribution in [0.4, 0.5) is 0 Å². The van der Waals surface area contributed by atoms with Gasteiger partial charge in [0.15, 0.2) is 0 Å². The molecule has 4 rings (SSSR count). The van der Waals surface area contributed by atoms with E-state index in [0.717, 1.165) is 67.0 Å². The summed E-state index contributed by atoms with van der Waals surface area (Å²) < 4.78 is 5.44. The zero-order valence-electron chi connectivity index (χ0n) is 18.4. The Labute approximate surface area is 183 Å². The van der Waals surface area contributed by atoms with Crippen molar-refractivity contribution < 1.29 is 9.53 Å². The first-order chi connectivity index (χ1) is 15.1. The van der Waals surface area contributed by atoms with Crippen LogP contribution >= 0.6 is 0 Å². The van der Waals surface area contributed by atoms with Crippen LogP contribution in [0.15, 0.2) is 48.8 Å². The van der Waals surface area contributed by atoms with Gasteiger partial charge in [-0.05, 0) is 56.2 Å². The van der Waals surface area contributed by atoms with Crippen LogP contribution in [0.25, 0.3) is 10.9 Å². The first-order valence-electron chi connectivity index (χ1n) is 11.0. The van der Waals surface area contributed by atoms with Crippen LogP contribution in [-0.4, -0.2) is 65.1 Å². The summed E-state index contributed by atoms with van der Waals surface area (Å²) in [7, 11) is 0. The van der Waals surface area contributed by atoms with Gasteiger partial charge < -0.3 is 9.64 Å². The van der Waals surface area contributed by atoms with Gasteiger partial charge in [0, 0.05) is 50.5 Å². The molecule has 31 heavy (non-hydrogen) atoms. The van der Waals surface area contributed by atoms with Crippen molar-refractivity contribution in [3.05, 3.63) is 71.2 Å². The first kappa shape index (κ1) is 21.4. The highest BCUT2D eigenvalue weighted by Crippen LogP contribution is 2.20. The van der Waals surface area contributed by atoms with Crippen molar-refractivity contribution in [2.45, 2.75) is 26.8 Å². The van der Waals surface area contributed by atoms with E-state index in [9.17, 15) is 4.79 Å². The van der Waals surface area contributed by atoms with E-state index in [1.165, 1.54) is 0 Å². The number of rotatable bonds is 7. The standard InChI is InChI=1S/C25H30N4O2/c1-19-4-5-24-22(16-19)17-23(20(2)27-24)25(30)29(18-21-6-8-26-9-7-21)11-3-10-28-12-14-31-15-13-28/h4-9,16-17H,3,10-15,18H2,1-2H3. The number of aromatic nitrogens is 2. The fourth-order valence-electron chi connectivity index (χ4n) is 4.05. The fraction of sp³-hybridized carbons (Fsp3) is 0.400. The number of nitrogens with zero attached hydrogens (tertiary/aromatic N) is 4. The summed E-state index contributed by atoms with van der Waals surface area (Å²) in [5.74, 6) is 0.0344. The molecule has 0 N–H and O–H groups in total. The molecule has 2 aromatic heterocycles. The third-order valence-electron chi connectivity index (χ3n) is 5.81. The Morgan fingerprint density at radius 3 is 2.65 bits per heavy atom. The first-order valence-corrected chi connectivity index (χ1v) is 11.0. The molecular weight excluding hydrogens is 388 g/mol. The van der Waals surface area contributed by atoms with Crippen molar-refractivity contribution in [3.8, 4) is 0 Å². The molecule has 0 spiro atoms. The second kappa shape index (κ2) is 9.98. The Morgan fingerprint density at radius 2 is 1.87 bits per heavy atom. The average molecular weight is 419 g/mol. The molecule has 1 aliphatic rings. The Hall–Kier alpha value is -2.83. The number of morpholine rings is 1. The lowest BCUT2D eigenvalue weighted by Crippen LogP contribution is -2.39. The van der Waals surface area contributed by atoms with Crippen LogP contribution in [0.2, 0.25) is 0 Å². The van der Waals surface area contributed by atoms with Crippen molar-refractivity contribution >= 4 is 16.8 Å². The third-order valence-corrected chi connectivity index (χ3v) is 5.81. The normalized spacial score (nSPS) is 14.6. The van der Waals surface area contributed by atoms with E-state index in [1.54, 1.807) is 12.4 Å². The number of fused-ring (bicyclic) bond motifs is 1. The molecule has 3 aromatic rings. The highest BCUT2D eigenvalue weighted by molar-refractivity contribution is 5.98. The molecule has 1 aromatic carbocycles. The lowest BCUT2D eigenvalue weighted by molar-refractivity contribution is 0.0355. The van der Waals surface area contributed by atoms with E-state index in [-0.39, 0.29) is 5.91 Å². The minimum absolute atomic E-state index is 0.0344. The van der Waals surface area contributed by atoms with Gasteiger partial charge in [0.05, 0.1) is 30.0 Å². The molecule has 0 bridgehead atoms. The predicted molar refractivity (Wildman–Crippen MR) is 122 cm³/mol. The highest BCUT2D eigenvalue weighted by atomic mass is 16.5. The summed E-state index contributed by atoms with van der Waals surface area (Å²) in [4.78, 5) is 26.8. The number of hydrogen-bond acceptors (Lipinski definition) is 5. The second-order valence-electron chi connectivity index (χ2n) is 8.21. The van der Waals surface area contributed by atoms with Gasteiger partial charge in [-0.2, -0.15) is 0 Å². The Kier molecular flexibility index (Phi) is 6.89. The molecule has 3 heterocycles. The Morgan fingerprint density at radius 1 is 1.10 bits per heavy atom. The molecule has 0 aliphatic carbocycles. The van der Waals surface area contributed by atoms with Crippen LogP contribution in [0, 0.1) is 13.8 Å². The van der Waals surface area contributed by atoms with Gasteiger partial charge in [0.25, 0.3) is 5.91 Å². The van der Waals surface area contributed by atoms with Gasteiger partial charge in [-0.25, -0.2) is 0 Å². The third kappa shape index (κ3) is 5.46. The number of hydrogen-bond donors (Lipinski definition) is 0. The molecule has 1 saturated heterocycles. The molecule has 0 saturated carbocycles. The monoisotopic (exact) mass is 418 g/mol. The number of pyridine rings is 2. The highest BCUT2D eigenvalue weighted by Gasteiger charge is 2.20. The van der Waals surface area contributed by atoms with Crippen LogP contribution < -0.4 is 0 Å². The Balaban J connectivity index is 1.55. The number of aryl methyl sites for hydroxylation is 2. The lowest BCUT2D eigenvalue weighted by Gasteiger charge is -2.28. The molecule has 162 valence electrons. The largest absolute Gasteiger partial charge is 0.379 e. The molecule has 0 atom stereocenters. The smallest absolute Gasteiger partial charge is 0.256 e. The molecular formula is C25H30N4O2. The number of amides is 1. The molecule has 6 heteroatoms. The maximum absolute atomic E-state index is 13.6. The fourth-order valence-corrected chi connectivity index (χ4v) is 4.05. The summed E-state index contributed by atoms with van der Waals surface area (Å²) in [5, 5.41) is 1.01. The molecule has 1 fully saturated rings. The van der Waals surface area contributed by atoms with Gasteiger partial charge in [0.1, 0.15) is 0 Å². The van der Waals surface area contributed by atoms with Crippen LogP contribution in [0.3, 0.4) is 0 Å². The zero-order chi connectivity index (χ0) is 21.6. The van der Waals surface area contributed by atoms with Crippen LogP contribution in [0.5, 0.6) is 0 Å². The summed E-state index contributed by atoms with van der Waals surface area (Å²) in [5.41, 5.74) is 4.62. The number of ether oxygens (including phenoxy) is 1. The van der Waals surface area contributed by atoms with E-state index < -0.39 is 0 Å². The lowest BCUT2D eigenvalue weighted by atomic mass is 10.1. The Bertz CT molecular complexity index is 1030. The molecule has 0 radical (unpaired) electrons. The van der Waals surface area contributed by atoms with Gasteiger partial charge in [-0.3, -0.25) is 19.7 Å². The van der Waals surface area contributed by atoms with E-state index in [2.05, 4.69) is 28.9 Å². The summed E-state index contributed by atoms with van der Waals surface area (Å²) >= 11 is 0. The van der Waals surface area contributed by atoms with Crippen molar-refractivity contribution in [2.24, 2.45) is 0 Å². The minimum atomic E-state index is 0.0344. The maximum Gasteiger partial charge on any atom is 0.256 e. The number of carbonyl (C=O) groups is 1. The van der Waals surface area contributed by atoms with E-state index in [1.807, 2.05) is 36.1 Å². The van der Waals surface area contributed by atoms with Crippen molar-refractivity contribution in [2.75, 3.05) is 39.4 Å². The molecule has 1 amide bonds. The van der Waals surface area contributed by atoms with E-state index in [4.69, 9.17) is 9.72 Å². The maximum atomic E-state index is 13.6. The van der Waals surface area contributed by atoms with Crippen molar-refractivity contribution in [1.29, 1.82) is 0 Å². The summed E-state index contributed by atoms with van der Waals surface area (Å²) in [6.07, 6.45) is 4.48. The van der Waals surface area contributed by atoms with Gasteiger partial charge >= 0.3 is 0 Å². The average Bonchev–Trinajstić information content (AvgIpc) is 2.79. The summed E-state index contributed by atoms with van der Waals surface area (Å²) in [6.45, 7) is 9.73. The minimum Gasteiger partial charge on any atom is -0.379 e. The van der Waals surface area contributed by atoms with E-state index >= 15 is 0 Å². The van der Waals surface area contributed by atoms with Gasteiger partial charge in [-0.15, -0.1) is 0 Å². The number of benzene rings is 1. The van der Waals surface area contributed by atoms with Crippen LogP contribution in [0.1, 0.15) is 33.6 Å². The van der Waals surface area contributed by atoms with Crippen LogP contribution in [-0.2, 0) is 11.3 Å². The SMILES string of the molecule is Cc1ccc2nc(C)c(C(=O)N(CCCN3CCOCC3)Cc3ccncc3)cc2c1. The van der Waals surface area contributed by atoms with Gasteiger partial charge in [0.2, 0.25) is 0 Å². The van der Waals surface area contributed by atoms with Gasteiger partial charge in [-0.1, -0.05) is 11.6 Å². The van der Waals surface area contributed by atoms with Crippen molar-refractivity contribution in [1.82, 2.24) is 19.8 Å². The topological polar surface area (TPSA) is 58.6 Å². The van der Waals surface area contributed by atoms with E-state index in [0.29, 0.717) is 18.7 Å².